The van der Waals surface area contributed by atoms with Crippen molar-refractivity contribution in [2.24, 2.45) is 5.92 Å². The average molecular weight is 288 g/mol. The van der Waals surface area contributed by atoms with Gasteiger partial charge < -0.3 is 10.1 Å². The summed E-state index contributed by atoms with van der Waals surface area (Å²) in [7, 11) is 0. The number of amides is 1. The average Bonchev–Trinajstić information content (AvgIpc) is 3.20. The number of carbonyl (C=O) groups is 1. The van der Waals surface area contributed by atoms with Crippen molar-refractivity contribution in [3.05, 3.63) is 23.9 Å². The first-order valence-electron chi connectivity index (χ1n) is 6.32. The number of hydrogen-bond donors (Lipinski definition) is 1. The lowest BCUT2D eigenvalue weighted by molar-refractivity contribution is -0.154. The molecule has 0 aliphatic heterocycles. The van der Waals surface area contributed by atoms with E-state index >= 15 is 0 Å². The van der Waals surface area contributed by atoms with E-state index in [1.54, 1.807) is 0 Å². The number of nitrogens with one attached hydrogen (secondary N) is 1. The van der Waals surface area contributed by atoms with E-state index in [0.29, 0.717) is 5.92 Å². The van der Waals surface area contributed by atoms with E-state index in [9.17, 15) is 18.0 Å². The van der Waals surface area contributed by atoms with Crippen LogP contribution in [0.2, 0.25) is 0 Å². The molecule has 1 fully saturated rings. The second-order valence-corrected chi connectivity index (χ2v) is 4.86. The fourth-order valence-electron chi connectivity index (χ4n) is 1.83. The Balaban J connectivity index is 2.04. The smallest absolute Gasteiger partial charge is 0.422 e. The van der Waals surface area contributed by atoms with Crippen LogP contribution in [-0.2, 0) is 0 Å². The van der Waals surface area contributed by atoms with E-state index in [1.165, 1.54) is 18.3 Å². The van der Waals surface area contributed by atoms with E-state index in [2.05, 4.69) is 15.0 Å². The summed E-state index contributed by atoms with van der Waals surface area (Å²) in [6.07, 6.45) is -1.06. The van der Waals surface area contributed by atoms with Gasteiger partial charge in [0, 0.05) is 12.2 Å². The molecule has 1 aliphatic rings. The maximum absolute atomic E-state index is 12.1. The highest BCUT2D eigenvalue weighted by Crippen LogP contribution is 2.32. The van der Waals surface area contributed by atoms with Crippen LogP contribution in [0.5, 0.6) is 5.88 Å². The molecule has 0 radical (unpaired) electrons. The van der Waals surface area contributed by atoms with Crippen molar-refractivity contribution in [1.29, 1.82) is 0 Å². The zero-order valence-corrected chi connectivity index (χ0v) is 10.9. The van der Waals surface area contributed by atoms with Gasteiger partial charge in [-0.3, -0.25) is 4.79 Å². The highest BCUT2D eigenvalue weighted by atomic mass is 19.4. The SMILES string of the molecule is CC(NC(=O)c1cccnc1OCC(F)(F)F)C1CC1. The summed E-state index contributed by atoms with van der Waals surface area (Å²) >= 11 is 0. The highest BCUT2D eigenvalue weighted by Gasteiger charge is 2.31. The molecule has 2 rings (SSSR count). The second kappa shape index (κ2) is 5.68. The summed E-state index contributed by atoms with van der Waals surface area (Å²) in [5.74, 6) is -0.310. The van der Waals surface area contributed by atoms with Gasteiger partial charge in [-0.1, -0.05) is 0 Å². The summed E-state index contributed by atoms with van der Waals surface area (Å²) in [6, 6.07) is 2.88. The molecule has 1 atom stereocenters. The molecule has 1 unspecified atom stereocenters. The normalized spacial score (nSPS) is 16.6. The first-order chi connectivity index (χ1) is 9.37. The number of carbonyl (C=O) groups excluding carboxylic acids is 1. The molecule has 1 heterocycles. The Morgan fingerprint density at radius 3 is 2.85 bits per heavy atom. The van der Waals surface area contributed by atoms with Crippen LogP contribution in [0.15, 0.2) is 18.3 Å². The number of rotatable bonds is 5. The molecule has 1 aromatic rings. The van der Waals surface area contributed by atoms with Crippen LogP contribution in [0.3, 0.4) is 0 Å². The van der Waals surface area contributed by atoms with Gasteiger partial charge >= 0.3 is 6.18 Å². The van der Waals surface area contributed by atoms with Gasteiger partial charge in [0.2, 0.25) is 5.88 Å². The molecule has 1 saturated carbocycles. The summed E-state index contributed by atoms with van der Waals surface area (Å²) in [6.45, 7) is 0.407. The predicted molar refractivity (Wildman–Crippen MR) is 65.4 cm³/mol. The van der Waals surface area contributed by atoms with Gasteiger partial charge in [-0.2, -0.15) is 13.2 Å². The Labute approximate surface area is 114 Å². The lowest BCUT2D eigenvalue weighted by Crippen LogP contribution is -2.34. The molecule has 0 aromatic carbocycles. The maximum Gasteiger partial charge on any atom is 0.422 e. The molecule has 4 nitrogen and oxygen atoms in total. The molecule has 0 saturated heterocycles. The molecule has 1 aromatic heterocycles. The summed E-state index contributed by atoms with van der Waals surface area (Å²) < 4.78 is 41.0. The van der Waals surface area contributed by atoms with Crippen LogP contribution in [0.1, 0.15) is 30.1 Å². The molecular formula is C13H15F3N2O2. The van der Waals surface area contributed by atoms with Crippen LogP contribution in [0.25, 0.3) is 0 Å². The van der Waals surface area contributed by atoms with Gasteiger partial charge in [-0.15, -0.1) is 0 Å². The predicted octanol–water partition coefficient (Wildman–Crippen LogP) is 2.55. The lowest BCUT2D eigenvalue weighted by Gasteiger charge is -2.15. The molecule has 7 heteroatoms. The second-order valence-electron chi connectivity index (χ2n) is 4.86. The third kappa shape index (κ3) is 4.11. The largest absolute Gasteiger partial charge is 0.467 e. The first-order valence-corrected chi connectivity index (χ1v) is 6.32. The molecule has 110 valence electrons. The van der Waals surface area contributed by atoms with Crippen molar-refractivity contribution in [3.63, 3.8) is 0 Å². The van der Waals surface area contributed by atoms with Gasteiger partial charge in [-0.05, 0) is 37.8 Å². The van der Waals surface area contributed by atoms with E-state index in [0.717, 1.165) is 12.8 Å². The summed E-state index contributed by atoms with van der Waals surface area (Å²) in [5, 5.41) is 2.76. The molecule has 1 N–H and O–H groups in total. The first kappa shape index (κ1) is 14.6. The Morgan fingerprint density at radius 1 is 1.55 bits per heavy atom. The molecule has 1 aliphatic carbocycles. The number of ether oxygens (including phenoxy) is 1. The van der Waals surface area contributed by atoms with Crippen molar-refractivity contribution in [2.45, 2.75) is 32.0 Å². The molecule has 0 bridgehead atoms. The van der Waals surface area contributed by atoms with Crippen LogP contribution in [-0.4, -0.2) is 29.7 Å². The van der Waals surface area contributed by atoms with E-state index < -0.39 is 18.7 Å². The van der Waals surface area contributed by atoms with Crippen molar-refractivity contribution < 1.29 is 22.7 Å². The van der Waals surface area contributed by atoms with Crippen molar-refractivity contribution in [1.82, 2.24) is 10.3 Å². The molecular weight excluding hydrogens is 273 g/mol. The number of pyridine rings is 1. The minimum absolute atomic E-state index is 0.00169. The number of hydrogen-bond acceptors (Lipinski definition) is 3. The van der Waals surface area contributed by atoms with E-state index in [-0.39, 0.29) is 17.5 Å². The number of alkyl halides is 3. The topological polar surface area (TPSA) is 51.2 Å². The Bertz CT molecular complexity index is 487. The third-order valence-electron chi connectivity index (χ3n) is 3.08. The van der Waals surface area contributed by atoms with Crippen molar-refractivity contribution in [3.8, 4) is 5.88 Å². The number of aromatic nitrogens is 1. The van der Waals surface area contributed by atoms with E-state index in [1.807, 2.05) is 6.92 Å². The van der Waals surface area contributed by atoms with Crippen molar-refractivity contribution >= 4 is 5.91 Å². The summed E-state index contributed by atoms with van der Waals surface area (Å²) in [5.41, 5.74) is 0.0178. The van der Waals surface area contributed by atoms with Gasteiger partial charge in [0.1, 0.15) is 5.56 Å². The quantitative estimate of drug-likeness (QED) is 0.906. The fraction of sp³-hybridized carbons (Fsp3) is 0.538. The highest BCUT2D eigenvalue weighted by molar-refractivity contribution is 5.96. The minimum atomic E-state index is -4.47. The van der Waals surface area contributed by atoms with Crippen LogP contribution < -0.4 is 10.1 Å². The molecule has 1 amide bonds. The Morgan fingerprint density at radius 2 is 2.25 bits per heavy atom. The monoisotopic (exact) mass is 288 g/mol. The third-order valence-corrected chi connectivity index (χ3v) is 3.08. The molecule has 0 spiro atoms. The van der Waals surface area contributed by atoms with E-state index in [4.69, 9.17) is 0 Å². The Hall–Kier alpha value is -1.79. The number of nitrogens with zero attached hydrogens (tertiary/aromatic N) is 1. The standard InChI is InChI=1S/C13H15F3N2O2/c1-8(9-4-5-9)18-11(19)10-3-2-6-17-12(10)20-7-13(14,15)16/h2-3,6,8-9H,4-5,7H2,1H3,(H,18,19). The number of halogens is 3. The fourth-order valence-corrected chi connectivity index (χ4v) is 1.83. The minimum Gasteiger partial charge on any atom is -0.467 e. The van der Waals surface area contributed by atoms with Gasteiger partial charge in [0.15, 0.2) is 6.61 Å². The maximum atomic E-state index is 12.1. The zero-order chi connectivity index (χ0) is 14.8. The lowest BCUT2D eigenvalue weighted by atomic mass is 10.2. The van der Waals surface area contributed by atoms with Crippen LogP contribution >= 0.6 is 0 Å². The van der Waals surface area contributed by atoms with Crippen molar-refractivity contribution in [2.75, 3.05) is 6.61 Å². The summed E-state index contributed by atoms with van der Waals surface area (Å²) in [4.78, 5) is 15.7. The van der Waals surface area contributed by atoms with Crippen LogP contribution in [0, 0.1) is 5.92 Å². The zero-order valence-electron chi connectivity index (χ0n) is 10.9. The van der Waals surface area contributed by atoms with Gasteiger partial charge in [0.25, 0.3) is 5.91 Å². The molecule has 20 heavy (non-hydrogen) atoms. The van der Waals surface area contributed by atoms with Crippen LogP contribution in [0.4, 0.5) is 13.2 Å². The Kier molecular flexibility index (Phi) is 4.15. The van der Waals surface area contributed by atoms with Gasteiger partial charge in [-0.25, -0.2) is 4.98 Å². The van der Waals surface area contributed by atoms with Gasteiger partial charge in [0.05, 0.1) is 0 Å².